The molecule has 0 aliphatic rings. The molecule has 0 saturated heterocycles. The van der Waals surface area contributed by atoms with Gasteiger partial charge in [-0.25, -0.2) is 4.39 Å². The van der Waals surface area contributed by atoms with Crippen molar-refractivity contribution in [2.45, 2.75) is 45.3 Å². The van der Waals surface area contributed by atoms with Gasteiger partial charge in [0, 0.05) is 12.5 Å². The maximum atomic E-state index is 12.3. The van der Waals surface area contributed by atoms with E-state index in [4.69, 9.17) is 10.5 Å². The molecule has 14 heavy (non-hydrogen) atoms. The minimum atomic E-state index is -0.553. The number of ether oxygens (including phenoxy) is 1. The van der Waals surface area contributed by atoms with Crippen LogP contribution < -0.4 is 5.73 Å². The van der Waals surface area contributed by atoms with Crippen molar-refractivity contribution in [1.29, 1.82) is 0 Å². The lowest BCUT2D eigenvalue weighted by Gasteiger charge is -2.20. The zero-order chi connectivity index (χ0) is 11.4. The molecular weight excluding hydrogens is 185 g/mol. The Hall–Kier alpha value is -0.900. The molecule has 0 rings (SSSR count). The number of nitrogens with two attached hydrogens (primary N) is 1. The van der Waals surface area contributed by atoms with Gasteiger partial charge in [0.2, 0.25) is 0 Å². The summed E-state index contributed by atoms with van der Waals surface area (Å²) in [5, 5.41) is 0. The second-order valence-corrected chi connectivity index (χ2v) is 4.27. The fraction of sp³-hybridized carbons (Fsp3) is 0.700. The summed E-state index contributed by atoms with van der Waals surface area (Å²) in [4.78, 5) is 11.2. The van der Waals surface area contributed by atoms with Crippen LogP contribution in [0.1, 0.15) is 33.6 Å². The second-order valence-electron chi connectivity index (χ2n) is 4.27. The largest absolute Gasteiger partial charge is 0.460 e. The monoisotopic (exact) mass is 203 g/mol. The lowest BCUT2D eigenvalue weighted by molar-refractivity contribution is -0.155. The van der Waals surface area contributed by atoms with Gasteiger partial charge in [-0.3, -0.25) is 4.79 Å². The molecule has 0 aromatic rings. The highest BCUT2D eigenvalue weighted by atomic mass is 19.1. The summed E-state index contributed by atoms with van der Waals surface area (Å²) in [6, 6.07) is -0.553. The zero-order valence-electron chi connectivity index (χ0n) is 8.97. The van der Waals surface area contributed by atoms with Crippen molar-refractivity contribution >= 4 is 5.97 Å². The van der Waals surface area contributed by atoms with Crippen molar-refractivity contribution in [3.8, 4) is 0 Å². The smallest absolute Gasteiger partial charge is 0.307 e. The summed E-state index contributed by atoms with van der Waals surface area (Å²) in [7, 11) is 0. The number of carbonyl (C=O) groups is 1. The first-order valence-electron chi connectivity index (χ1n) is 4.51. The highest BCUT2D eigenvalue weighted by Crippen LogP contribution is 2.11. The Morgan fingerprint density at radius 3 is 2.36 bits per heavy atom. The molecule has 0 amide bonds. The quantitative estimate of drug-likeness (QED) is 0.710. The van der Waals surface area contributed by atoms with E-state index < -0.39 is 23.4 Å². The van der Waals surface area contributed by atoms with Gasteiger partial charge >= 0.3 is 5.97 Å². The highest BCUT2D eigenvalue weighted by molar-refractivity contribution is 5.70. The summed E-state index contributed by atoms with van der Waals surface area (Å²) in [6.45, 7) is 8.38. The van der Waals surface area contributed by atoms with Gasteiger partial charge in [-0.1, -0.05) is 6.58 Å². The summed E-state index contributed by atoms with van der Waals surface area (Å²) in [5.74, 6) is -0.924. The number of halogens is 1. The zero-order valence-corrected chi connectivity index (χ0v) is 8.97. The molecule has 0 aromatic carbocycles. The molecular formula is C10H18FNO2. The van der Waals surface area contributed by atoms with E-state index in [9.17, 15) is 9.18 Å². The first kappa shape index (κ1) is 13.1. The van der Waals surface area contributed by atoms with Crippen LogP contribution in [-0.2, 0) is 9.53 Å². The Balaban J connectivity index is 3.89. The second kappa shape index (κ2) is 5.10. The van der Waals surface area contributed by atoms with Crippen LogP contribution in [0.5, 0.6) is 0 Å². The van der Waals surface area contributed by atoms with E-state index in [2.05, 4.69) is 6.58 Å². The third kappa shape index (κ3) is 7.73. The van der Waals surface area contributed by atoms with Crippen LogP contribution in [0, 0.1) is 0 Å². The maximum absolute atomic E-state index is 12.3. The Morgan fingerprint density at radius 2 is 2.00 bits per heavy atom. The molecule has 0 unspecified atom stereocenters. The normalized spacial score (nSPS) is 13.5. The highest BCUT2D eigenvalue weighted by Gasteiger charge is 2.18. The first-order valence-corrected chi connectivity index (χ1v) is 4.51. The fourth-order valence-corrected chi connectivity index (χ4v) is 0.954. The maximum Gasteiger partial charge on any atom is 0.307 e. The van der Waals surface area contributed by atoms with Crippen molar-refractivity contribution in [2.24, 2.45) is 5.73 Å². The van der Waals surface area contributed by atoms with Gasteiger partial charge < -0.3 is 10.5 Å². The summed E-state index contributed by atoms with van der Waals surface area (Å²) >= 11 is 0. The van der Waals surface area contributed by atoms with Gasteiger partial charge in [0.25, 0.3) is 0 Å². The van der Waals surface area contributed by atoms with E-state index in [0.29, 0.717) is 0 Å². The minimum Gasteiger partial charge on any atom is -0.460 e. The standard InChI is InChI=1S/C10H18FNO2/c1-7(11)5-8(12)6-9(13)14-10(2,3)4/h8H,1,5-6,12H2,2-4H3/t8-/m0/s1. The first-order chi connectivity index (χ1) is 6.20. The van der Waals surface area contributed by atoms with Crippen LogP contribution in [0.3, 0.4) is 0 Å². The van der Waals surface area contributed by atoms with Crippen molar-refractivity contribution in [3.05, 3.63) is 12.4 Å². The number of rotatable bonds is 4. The molecule has 0 heterocycles. The lowest BCUT2D eigenvalue weighted by atomic mass is 10.1. The van der Waals surface area contributed by atoms with E-state index in [0.717, 1.165) is 0 Å². The van der Waals surface area contributed by atoms with Gasteiger partial charge in [0.05, 0.1) is 12.2 Å². The molecule has 82 valence electrons. The van der Waals surface area contributed by atoms with Gasteiger partial charge in [0.1, 0.15) is 5.60 Å². The Bertz CT molecular complexity index is 221. The van der Waals surface area contributed by atoms with Crippen LogP contribution in [0.15, 0.2) is 12.4 Å². The van der Waals surface area contributed by atoms with Crippen LogP contribution in [0.25, 0.3) is 0 Å². The summed E-state index contributed by atoms with van der Waals surface area (Å²) < 4.78 is 17.3. The van der Waals surface area contributed by atoms with Gasteiger partial charge in [0.15, 0.2) is 0 Å². The molecule has 0 fully saturated rings. The SMILES string of the molecule is C=C(F)C[C@H](N)CC(=O)OC(C)(C)C. The van der Waals surface area contributed by atoms with E-state index in [1.807, 2.05) is 0 Å². The molecule has 4 heteroatoms. The molecule has 0 radical (unpaired) electrons. The molecule has 0 spiro atoms. The van der Waals surface area contributed by atoms with Gasteiger partial charge in [-0.2, -0.15) is 0 Å². The molecule has 3 nitrogen and oxygen atoms in total. The minimum absolute atomic E-state index is 0.000751. The van der Waals surface area contributed by atoms with Crippen molar-refractivity contribution in [1.82, 2.24) is 0 Å². The summed E-state index contributed by atoms with van der Waals surface area (Å²) in [6.07, 6.45) is 0.0133. The van der Waals surface area contributed by atoms with Crippen molar-refractivity contribution in [2.75, 3.05) is 0 Å². The molecule has 0 aromatic heterocycles. The Kier molecular flexibility index (Phi) is 4.77. The number of esters is 1. The average Bonchev–Trinajstić information content (AvgIpc) is 1.77. The third-order valence-corrected chi connectivity index (χ3v) is 1.33. The molecule has 0 aliphatic carbocycles. The predicted molar refractivity (Wildman–Crippen MR) is 53.3 cm³/mol. The average molecular weight is 203 g/mol. The number of hydrogen-bond donors (Lipinski definition) is 1. The van der Waals surface area contributed by atoms with Crippen molar-refractivity contribution in [3.63, 3.8) is 0 Å². The van der Waals surface area contributed by atoms with E-state index >= 15 is 0 Å². The molecule has 0 saturated carbocycles. The van der Waals surface area contributed by atoms with E-state index in [1.54, 1.807) is 20.8 Å². The van der Waals surface area contributed by atoms with Crippen molar-refractivity contribution < 1.29 is 13.9 Å². The molecule has 2 N–H and O–H groups in total. The third-order valence-electron chi connectivity index (χ3n) is 1.33. The Morgan fingerprint density at radius 1 is 1.50 bits per heavy atom. The molecule has 0 bridgehead atoms. The predicted octanol–water partition coefficient (Wildman–Crippen LogP) is 1.92. The number of carbonyl (C=O) groups excluding carboxylic acids is 1. The summed E-state index contributed by atoms with van der Waals surface area (Å²) in [5.41, 5.74) is 4.97. The van der Waals surface area contributed by atoms with E-state index in [-0.39, 0.29) is 12.8 Å². The molecule has 0 aliphatic heterocycles. The van der Waals surface area contributed by atoms with Crippen LogP contribution in [0.2, 0.25) is 0 Å². The van der Waals surface area contributed by atoms with Gasteiger partial charge in [-0.05, 0) is 20.8 Å². The van der Waals surface area contributed by atoms with Gasteiger partial charge in [-0.15, -0.1) is 0 Å². The van der Waals surface area contributed by atoms with Crippen LogP contribution in [-0.4, -0.2) is 17.6 Å². The van der Waals surface area contributed by atoms with Crippen LogP contribution >= 0.6 is 0 Å². The topological polar surface area (TPSA) is 52.3 Å². The van der Waals surface area contributed by atoms with Crippen LogP contribution in [0.4, 0.5) is 4.39 Å². The molecule has 1 atom stereocenters. The number of hydrogen-bond acceptors (Lipinski definition) is 3. The van der Waals surface area contributed by atoms with E-state index in [1.165, 1.54) is 0 Å². The Labute approximate surface area is 84.1 Å². The fourth-order valence-electron chi connectivity index (χ4n) is 0.954. The lowest BCUT2D eigenvalue weighted by Crippen LogP contribution is -2.30.